The maximum absolute atomic E-state index is 14.4. The third-order valence-electron chi connectivity index (χ3n) is 8.44. The first kappa shape index (κ1) is 26.9. The highest BCUT2D eigenvalue weighted by atomic mass is 16.6. The first-order chi connectivity index (χ1) is 16.9. The second kappa shape index (κ2) is 9.60. The molecule has 2 amide bonds. The molecule has 4 aliphatic heterocycles. The SMILES string of the molecule is CC[C@]12/C=C\CCCCOC(=O)[C@H]1[C@H]1C(=O)N([C@@H](CO)C(C)C)C3C(=O)N(C(C)(C)C)CC=C[C@@]31O2. The predicted octanol–water partition coefficient (Wildman–Crippen LogP) is 2.84. The van der Waals surface area contributed by atoms with E-state index in [0.717, 1.165) is 19.3 Å². The van der Waals surface area contributed by atoms with Crippen molar-refractivity contribution in [3.8, 4) is 0 Å². The number of esters is 1. The van der Waals surface area contributed by atoms with Crippen LogP contribution in [0.1, 0.15) is 67.2 Å². The number of hydrogen-bond acceptors (Lipinski definition) is 6. The Balaban J connectivity index is 1.95. The lowest BCUT2D eigenvalue weighted by Crippen LogP contribution is -2.62. The van der Waals surface area contributed by atoms with Crippen molar-refractivity contribution >= 4 is 17.8 Å². The van der Waals surface area contributed by atoms with Crippen molar-refractivity contribution < 1.29 is 29.0 Å². The Morgan fingerprint density at radius 1 is 1.08 bits per heavy atom. The van der Waals surface area contributed by atoms with Crippen LogP contribution in [0.15, 0.2) is 24.3 Å². The Labute approximate surface area is 214 Å². The van der Waals surface area contributed by atoms with E-state index in [1.807, 2.05) is 65.8 Å². The molecule has 0 aromatic carbocycles. The molecule has 0 aliphatic carbocycles. The number of aliphatic hydroxyl groups is 1. The Hall–Kier alpha value is -2.19. The average Bonchev–Trinajstić information content (AvgIpc) is 3.15. The van der Waals surface area contributed by atoms with Crippen LogP contribution in [0.25, 0.3) is 0 Å². The van der Waals surface area contributed by atoms with Crippen molar-refractivity contribution in [1.82, 2.24) is 9.80 Å². The minimum Gasteiger partial charge on any atom is -0.465 e. The molecule has 0 radical (unpaired) electrons. The highest BCUT2D eigenvalue weighted by molar-refractivity contribution is 5.99. The first-order valence-corrected chi connectivity index (χ1v) is 13.4. The lowest BCUT2D eigenvalue weighted by atomic mass is 9.73. The zero-order valence-electron chi connectivity index (χ0n) is 22.5. The summed E-state index contributed by atoms with van der Waals surface area (Å²) in [5.41, 5.74) is -2.90. The topological polar surface area (TPSA) is 96.4 Å². The van der Waals surface area contributed by atoms with Gasteiger partial charge in [-0.1, -0.05) is 45.1 Å². The Morgan fingerprint density at radius 2 is 1.81 bits per heavy atom. The fourth-order valence-corrected chi connectivity index (χ4v) is 6.56. The molecule has 0 aromatic rings. The molecule has 1 unspecified atom stereocenters. The fourth-order valence-electron chi connectivity index (χ4n) is 6.56. The molecule has 2 fully saturated rings. The zero-order chi connectivity index (χ0) is 26.5. The van der Waals surface area contributed by atoms with Crippen molar-refractivity contribution in [3.63, 3.8) is 0 Å². The summed E-state index contributed by atoms with van der Waals surface area (Å²) in [6.07, 6.45) is 10.6. The van der Waals surface area contributed by atoms with Gasteiger partial charge in [0.25, 0.3) is 0 Å². The number of amides is 2. The van der Waals surface area contributed by atoms with Gasteiger partial charge in [-0.3, -0.25) is 14.4 Å². The van der Waals surface area contributed by atoms with Crippen LogP contribution in [-0.4, -0.2) is 81.3 Å². The maximum atomic E-state index is 14.4. The maximum Gasteiger partial charge on any atom is 0.313 e. The first-order valence-electron chi connectivity index (χ1n) is 13.4. The molecular weight excluding hydrogens is 460 g/mol. The van der Waals surface area contributed by atoms with Gasteiger partial charge >= 0.3 is 5.97 Å². The van der Waals surface area contributed by atoms with E-state index in [2.05, 4.69) is 0 Å². The van der Waals surface area contributed by atoms with E-state index in [1.54, 1.807) is 4.90 Å². The van der Waals surface area contributed by atoms with E-state index < -0.39 is 46.6 Å². The van der Waals surface area contributed by atoms with E-state index >= 15 is 0 Å². The van der Waals surface area contributed by atoms with Crippen molar-refractivity contribution in [2.75, 3.05) is 19.8 Å². The number of cyclic esters (lactones) is 1. The molecule has 4 aliphatic rings. The molecule has 6 atom stereocenters. The standard InChI is InChI=1S/C28H42N2O6/c1-7-27-13-10-8-9-11-16-35-25(34)21(27)20-23(32)30(19(17-31)18(2)3)22-24(33)29(26(4,5)6)15-12-14-28(20,22)36-27/h10,12-14,18-22,31H,7-9,11,15-17H2,1-6H3/b13-10-/t19-,20-,21+,22?,27-,28-/m0/s1. The van der Waals surface area contributed by atoms with E-state index in [0.29, 0.717) is 19.6 Å². The Bertz CT molecular complexity index is 952. The molecule has 8 nitrogen and oxygen atoms in total. The van der Waals surface area contributed by atoms with Crippen molar-refractivity contribution in [1.29, 1.82) is 0 Å². The van der Waals surface area contributed by atoms with Crippen LogP contribution in [0.4, 0.5) is 0 Å². The molecule has 1 spiro atoms. The van der Waals surface area contributed by atoms with Crippen LogP contribution in [0.2, 0.25) is 0 Å². The van der Waals surface area contributed by atoms with E-state index in [1.165, 1.54) is 4.90 Å². The van der Waals surface area contributed by atoms with Gasteiger partial charge in [-0.05, 0) is 52.4 Å². The highest BCUT2D eigenvalue weighted by Crippen LogP contribution is 2.59. The highest BCUT2D eigenvalue weighted by Gasteiger charge is 2.76. The van der Waals surface area contributed by atoms with Crippen molar-refractivity contribution in [2.45, 2.75) is 96.1 Å². The third kappa shape index (κ3) is 4.01. The van der Waals surface area contributed by atoms with Gasteiger partial charge in [0.15, 0.2) is 0 Å². The number of carbonyl (C=O) groups excluding carboxylic acids is 3. The molecule has 0 bridgehead atoms. The fraction of sp³-hybridized carbons (Fsp3) is 0.750. The summed E-state index contributed by atoms with van der Waals surface area (Å²) in [4.78, 5) is 45.6. The van der Waals surface area contributed by atoms with Gasteiger partial charge in [0, 0.05) is 12.1 Å². The number of allylic oxidation sites excluding steroid dienone is 1. The quantitative estimate of drug-likeness (QED) is 0.469. The predicted molar refractivity (Wildman–Crippen MR) is 135 cm³/mol. The van der Waals surface area contributed by atoms with Gasteiger partial charge in [-0.25, -0.2) is 0 Å². The van der Waals surface area contributed by atoms with Gasteiger partial charge in [0.05, 0.1) is 25.2 Å². The van der Waals surface area contributed by atoms with Gasteiger partial charge < -0.3 is 24.4 Å². The van der Waals surface area contributed by atoms with Gasteiger partial charge in [-0.15, -0.1) is 0 Å². The lowest BCUT2D eigenvalue weighted by Gasteiger charge is -2.44. The number of carbonyl (C=O) groups is 3. The van der Waals surface area contributed by atoms with Crippen LogP contribution in [0.5, 0.6) is 0 Å². The molecule has 200 valence electrons. The number of aliphatic hydroxyl groups excluding tert-OH is 1. The molecule has 0 aromatic heterocycles. The zero-order valence-corrected chi connectivity index (χ0v) is 22.5. The summed E-state index contributed by atoms with van der Waals surface area (Å²) >= 11 is 0. The molecule has 0 saturated carbocycles. The summed E-state index contributed by atoms with van der Waals surface area (Å²) in [6.45, 7) is 12.1. The van der Waals surface area contributed by atoms with E-state index in [4.69, 9.17) is 9.47 Å². The molecule has 4 rings (SSSR count). The van der Waals surface area contributed by atoms with Crippen LogP contribution in [0, 0.1) is 17.8 Å². The molecular formula is C28H42N2O6. The van der Waals surface area contributed by atoms with Gasteiger partial charge in [0.2, 0.25) is 11.8 Å². The van der Waals surface area contributed by atoms with Crippen molar-refractivity contribution in [2.24, 2.45) is 17.8 Å². The summed E-state index contributed by atoms with van der Waals surface area (Å²) in [5.74, 6) is -2.93. The molecule has 8 heteroatoms. The van der Waals surface area contributed by atoms with Crippen LogP contribution in [0.3, 0.4) is 0 Å². The number of hydrogen-bond donors (Lipinski definition) is 1. The lowest BCUT2D eigenvalue weighted by molar-refractivity contribution is -0.165. The van der Waals surface area contributed by atoms with Crippen molar-refractivity contribution in [3.05, 3.63) is 24.3 Å². The smallest absolute Gasteiger partial charge is 0.313 e. The van der Waals surface area contributed by atoms with Gasteiger partial charge in [-0.2, -0.15) is 0 Å². The van der Waals surface area contributed by atoms with E-state index in [-0.39, 0.29) is 24.3 Å². The normalized spacial score (nSPS) is 36.8. The largest absolute Gasteiger partial charge is 0.465 e. The third-order valence-corrected chi connectivity index (χ3v) is 8.44. The Morgan fingerprint density at radius 3 is 2.42 bits per heavy atom. The summed E-state index contributed by atoms with van der Waals surface area (Å²) < 4.78 is 12.6. The van der Waals surface area contributed by atoms with Crippen LogP contribution < -0.4 is 0 Å². The second-order valence-electron chi connectivity index (χ2n) is 11.9. The summed E-state index contributed by atoms with van der Waals surface area (Å²) in [5, 5.41) is 10.4. The van der Waals surface area contributed by atoms with Gasteiger partial charge in [0.1, 0.15) is 23.2 Å². The molecule has 4 heterocycles. The number of likely N-dealkylation sites (tertiary alicyclic amines) is 1. The Kier molecular flexibility index (Phi) is 7.16. The number of fused-ring (bicyclic) bond motifs is 2. The minimum atomic E-state index is -1.34. The monoisotopic (exact) mass is 502 g/mol. The number of ether oxygens (including phenoxy) is 2. The summed E-state index contributed by atoms with van der Waals surface area (Å²) in [6, 6.07) is -1.58. The number of nitrogens with zero attached hydrogens (tertiary/aromatic N) is 2. The minimum absolute atomic E-state index is 0.107. The molecule has 36 heavy (non-hydrogen) atoms. The van der Waals surface area contributed by atoms with Crippen LogP contribution >= 0.6 is 0 Å². The summed E-state index contributed by atoms with van der Waals surface area (Å²) in [7, 11) is 0. The second-order valence-corrected chi connectivity index (χ2v) is 11.9. The van der Waals surface area contributed by atoms with Crippen LogP contribution in [-0.2, 0) is 23.9 Å². The number of rotatable bonds is 4. The molecule has 2 saturated heterocycles. The molecule has 1 N–H and O–H groups in total. The average molecular weight is 503 g/mol. The van der Waals surface area contributed by atoms with E-state index in [9.17, 15) is 19.5 Å².